The maximum atomic E-state index is 2.54. The topological polar surface area (TPSA) is 0 Å². The molecule has 0 saturated carbocycles. The van der Waals surface area contributed by atoms with E-state index in [0.717, 1.165) is 0 Å². The number of rotatable bonds is 18. The van der Waals surface area contributed by atoms with E-state index in [-0.39, 0.29) is 32.6 Å². The molecule has 3 heteroatoms. The van der Waals surface area contributed by atoms with Gasteiger partial charge < -0.3 is 30.3 Å². The van der Waals surface area contributed by atoms with Crippen LogP contribution in [0.1, 0.15) is 105 Å². The van der Waals surface area contributed by atoms with Crippen LogP contribution in [0.2, 0.25) is 0 Å². The van der Waals surface area contributed by atoms with E-state index in [1.807, 2.05) is 40.9 Å². The minimum absolute atomic E-state index is 0. The van der Waals surface area contributed by atoms with Crippen molar-refractivity contribution < 1.29 is 16.8 Å². The summed E-state index contributed by atoms with van der Waals surface area (Å²) in [6, 6.07) is 17.5. The molecule has 0 amide bonds. The third kappa shape index (κ3) is 15.6. The van der Waals surface area contributed by atoms with Crippen LogP contribution < -0.4 is 10.6 Å². The normalized spacial score (nSPS) is 10.8. The third-order valence-electron chi connectivity index (χ3n) is 6.13. The van der Waals surface area contributed by atoms with Gasteiger partial charge in [-0.2, -0.15) is 6.07 Å². The van der Waals surface area contributed by atoms with E-state index < -0.39 is 0 Å². The Morgan fingerprint density at radius 3 is 1.39 bits per heavy atom. The van der Waals surface area contributed by atoms with Gasteiger partial charge in [-0.15, -0.1) is 26.5 Å². The van der Waals surface area contributed by atoms with Crippen molar-refractivity contribution in [2.24, 2.45) is 0 Å². The van der Waals surface area contributed by atoms with Crippen LogP contribution in [-0.4, -0.2) is 24.6 Å². The molecule has 0 aliphatic rings. The van der Waals surface area contributed by atoms with Gasteiger partial charge in [0.05, 0.1) is 0 Å². The molecule has 0 aliphatic carbocycles. The van der Waals surface area contributed by atoms with E-state index in [9.17, 15) is 0 Å². The van der Waals surface area contributed by atoms with Gasteiger partial charge in [-0.05, 0) is 50.3 Å². The van der Waals surface area contributed by atoms with Crippen LogP contribution in [0.5, 0.6) is 0 Å². The van der Waals surface area contributed by atoms with Gasteiger partial charge in [-0.1, -0.05) is 79.1 Å². The van der Waals surface area contributed by atoms with Crippen LogP contribution in [0.25, 0.3) is 0 Å². The summed E-state index contributed by atoms with van der Waals surface area (Å²) in [6.07, 6.45) is 22.8. The van der Waals surface area contributed by atoms with E-state index >= 15 is 0 Å². The fourth-order valence-electron chi connectivity index (χ4n) is 4.17. The average Bonchev–Trinajstić information content (AvgIpc) is 3.53. The molecule has 0 unspecified atom stereocenters. The smallest absolute Gasteiger partial charge is 0 e. The van der Waals surface area contributed by atoms with Crippen LogP contribution in [0.15, 0.2) is 48.5 Å². The summed E-state index contributed by atoms with van der Waals surface area (Å²) in [6.45, 7) is 9.37. The maximum Gasteiger partial charge on any atom is 0 e. The molecule has 0 N–H and O–H groups in total. The minimum Gasteiger partial charge on any atom is -0.748 e. The summed E-state index contributed by atoms with van der Waals surface area (Å²) in [4.78, 5) is 0. The van der Waals surface area contributed by atoms with Gasteiger partial charge in [0.15, 0.2) is 0 Å². The van der Waals surface area contributed by atoms with Crippen molar-refractivity contribution in [1.29, 1.82) is 0 Å². The molecule has 0 fully saturated rings. The van der Waals surface area contributed by atoms with Crippen LogP contribution in [0.4, 0.5) is 0 Å². The van der Waals surface area contributed by atoms with Crippen molar-refractivity contribution in [2.75, 3.05) is 24.6 Å². The van der Waals surface area contributed by atoms with Crippen LogP contribution >= 0.6 is 15.8 Å². The first-order chi connectivity index (χ1) is 15.8. The van der Waals surface area contributed by atoms with E-state index in [1.165, 1.54) is 102 Å². The standard InChI is InChI=1S/C25H47P2.C5H5.Co/c1-5-9-13-20-26(21-14-10-6-2)24-18-17-19-25(24)27(22-15-11-7-3)23-16-12-8-4;1-2-4-5-3-1;/h17-19H,5-16,20-23H2,1-4H3;1-5H;/q-1;-5;. The summed E-state index contributed by atoms with van der Waals surface area (Å²) in [5.41, 5.74) is 0. The predicted molar refractivity (Wildman–Crippen MR) is 155 cm³/mol. The van der Waals surface area contributed by atoms with Crippen molar-refractivity contribution in [3.05, 3.63) is 48.5 Å². The molecule has 33 heavy (non-hydrogen) atoms. The maximum absolute atomic E-state index is 2.54. The molecule has 2 aromatic rings. The van der Waals surface area contributed by atoms with Crippen molar-refractivity contribution in [3.63, 3.8) is 0 Å². The monoisotopic (exact) mass is 533 g/mol. The summed E-state index contributed by atoms with van der Waals surface area (Å²) in [7, 11) is 0.168. The van der Waals surface area contributed by atoms with Gasteiger partial charge in [0.25, 0.3) is 0 Å². The van der Waals surface area contributed by atoms with Gasteiger partial charge in [-0.3, -0.25) is 0 Å². The second-order valence-electron chi connectivity index (χ2n) is 9.06. The van der Waals surface area contributed by atoms with Crippen LogP contribution in [0.3, 0.4) is 0 Å². The number of unbranched alkanes of at least 4 members (excludes halogenated alkanes) is 8. The van der Waals surface area contributed by atoms with Crippen LogP contribution in [-0.2, 0) is 16.8 Å². The SMILES string of the molecule is CCCCCP(CCCCC)c1ccc[c-]1P(CCCCC)CCCCC.[Co].[cH-]1[cH-][cH-][cH-][cH-]1. The second-order valence-corrected chi connectivity index (χ2v) is 14.0. The molecule has 2 aromatic carbocycles. The molecule has 0 bridgehead atoms. The first-order valence-corrected chi connectivity index (χ1v) is 17.1. The third-order valence-corrected chi connectivity index (χ3v) is 11.9. The van der Waals surface area contributed by atoms with E-state index in [1.54, 1.807) is 0 Å². The Morgan fingerprint density at radius 2 is 1.00 bits per heavy atom. The zero-order valence-electron chi connectivity index (χ0n) is 22.2. The van der Waals surface area contributed by atoms with Gasteiger partial charge in [0.2, 0.25) is 0 Å². The van der Waals surface area contributed by atoms with Gasteiger partial charge in [0, 0.05) is 16.8 Å². The summed E-state index contributed by atoms with van der Waals surface area (Å²) in [5, 5.41) is 3.66. The predicted octanol–water partition coefficient (Wildman–Crippen LogP) is 9.78. The quantitative estimate of drug-likeness (QED) is 0.102. The van der Waals surface area contributed by atoms with Gasteiger partial charge in [-0.25, -0.2) is 12.1 Å². The van der Waals surface area contributed by atoms with Crippen molar-refractivity contribution >= 4 is 26.5 Å². The first kappa shape index (κ1) is 33.1. The van der Waals surface area contributed by atoms with Crippen molar-refractivity contribution in [3.8, 4) is 0 Å². The molecule has 2 rings (SSSR count). The molecule has 0 nitrogen and oxygen atoms in total. The van der Waals surface area contributed by atoms with Gasteiger partial charge >= 0.3 is 0 Å². The molecule has 0 atom stereocenters. The Labute approximate surface area is 220 Å². The van der Waals surface area contributed by atoms with E-state index in [0.29, 0.717) is 0 Å². The Kier molecular flexibility index (Phi) is 23.8. The fraction of sp³-hybridized carbons (Fsp3) is 0.667. The molecular weight excluding hydrogens is 481 g/mol. The van der Waals surface area contributed by atoms with E-state index in [2.05, 4.69) is 45.9 Å². The Bertz CT molecular complexity index is 529. The molecule has 1 radical (unpaired) electrons. The van der Waals surface area contributed by atoms with Crippen molar-refractivity contribution in [2.45, 2.75) is 105 Å². The molecular formula is C30H52CoP2-6. The average molecular weight is 534 g/mol. The Balaban J connectivity index is 0.00000150. The molecule has 0 aromatic heterocycles. The van der Waals surface area contributed by atoms with E-state index in [4.69, 9.17) is 0 Å². The summed E-state index contributed by atoms with van der Waals surface area (Å²) in [5.74, 6) is 0. The molecule has 0 spiro atoms. The van der Waals surface area contributed by atoms with Crippen molar-refractivity contribution in [1.82, 2.24) is 0 Å². The molecule has 197 valence electrons. The largest absolute Gasteiger partial charge is 0.748 e. The minimum atomic E-state index is 0. The number of hydrogen-bond donors (Lipinski definition) is 0. The fourth-order valence-corrected chi connectivity index (χ4v) is 10.2. The number of hydrogen-bond acceptors (Lipinski definition) is 0. The summed E-state index contributed by atoms with van der Waals surface area (Å²) >= 11 is 0. The molecule has 0 saturated heterocycles. The second kappa shape index (κ2) is 23.8. The summed E-state index contributed by atoms with van der Waals surface area (Å²) < 4.78 is 0. The zero-order valence-corrected chi connectivity index (χ0v) is 25.0. The Morgan fingerprint density at radius 1 is 0.606 bits per heavy atom. The Hall–Kier alpha value is 0.0665. The molecule has 0 heterocycles. The molecule has 0 aliphatic heterocycles. The zero-order chi connectivity index (χ0) is 23.3. The van der Waals surface area contributed by atoms with Crippen LogP contribution in [0, 0.1) is 0 Å². The first-order valence-electron chi connectivity index (χ1n) is 13.7. The van der Waals surface area contributed by atoms with Gasteiger partial charge in [0.1, 0.15) is 0 Å².